The molecule has 0 atom stereocenters. The van der Waals surface area contributed by atoms with Gasteiger partial charge in [-0.2, -0.15) is 0 Å². The second kappa shape index (κ2) is 5.14. The Labute approximate surface area is 113 Å². The van der Waals surface area contributed by atoms with Crippen molar-refractivity contribution < 1.29 is 0 Å². The number of hydrogen-bond acceptors (Lipinski definition) is 3. The van der Waals surface area contributed by atoms with Crippen molar-refractivity contribution in [3.8, 4) is 0 Å². The maximum Gasteiger partial charge on any atom is 0.203 e. The van der Waals surface area contributed by atoms with Crippen LogP contribution in [0.15, 0.2) is 12.3 Å². The monoisotopic (exact) mass is 263 g/mol. The first kappa shape index (κ1) is 13.1. The third-order valence-corrected chi connectivity index (χ3v) is 4.20. The minimum Gasteiger partial charge on any atom is -0.351 e. The van der Waals surface area contributed by atoms with Crippen LogP contribution in [-0.4, -0.2) is 9.55 Å². The molecule has 0 unspecified atom stereocenters. The number of hydrogen-bond donors (Lipinski definition) is 1. The van der Waals surface area contributed by atoms with Gasteiger partial charge in [-0.05, 0) is 46.2 Å². The largest absolute Gasteiger partial charge is 0.351 e. The third-order valence-electron chi connectivity index (χ3n) is 3.05. The first-order chi connectivity index (χ1) is 8.47. The summed E-state index contributed by atoms with van der Waals surface area (Å²) in [4.78, 5) is 7.29. The van der Waals surface area contributed by atoms with Crippen LogP contribution in [0, 0.1) is 20.8 Å². The van der Waals surface area contributed by atoms with E-state index in [0.717, 1.165) is 18.2 Å². The van der Waals surface area contributed by atoms with Crippen LogP contribution in [0.25, 0.3) is 0 Å². The molecule has 4 heteroatoms. The normalized spacial score (nSPS) is 11.2. The Morgan fingerprint density at radius 1 is 1.33 bits per heavy atom. The van der Waals surface area contributed by atoms with Crippen LogP contribution < -0.4 is 5.32 Å². The number of imidazole rings is 1. The van der Waals surface area contributed by atoms with Crippen LogP contribution in [0.3, 0.4) is 0 Å². The van der Waals surface area contributed by atoms with Gasteiger partial charge < -0.3 is 9.88 Å². The van der Waals surface area contributed by atoms with E-state index in [9.17, 15) is 0 Å². The molecule has 2 aromatic heterocycles. The maximum atomic E-state index is 4.53. The molecule has 0 saturated heterocycles. The van der Waals surface area contributed by atoms with Crippen LogP contribution in [0.2, 0.25) is 0 Å². The lowest BCUT2D eigenvalue weighted by Crippen LogP contribution is -2.08. The summed E-state index contributed by atoms with van der Waals surface area (Å²) < 4.78 is 2.18. The van der Waals surface area contributed by atoms with Gasteiger partial charge in [0, 0.05) is 22.0 Å². The van der Waals surface area contributed by atoms with E-state index in [1.165, 1.54) is 15.3 Å². The molecule has 0 spiro atoms. The molecule has 0 amide bonds. The highest BCUT2D eigenvalue weighted by molar-refractivity contribution is 7.12. The fourth-order valence-electron chi connectivity index (χ4n) is 1.94. The number of nitrogens with one attached hydrogen (secondary N) is 1. The number of rotatable bonds is 4. The Morgan fingerprint density at radius 3 is 2.61 bits per heavy atom. The Hall–Kier alpha value is -1.29. The molecule has 0 aliphatic heterocycles. The molecular formula is C14H21N3S. The van der Waals surface area contributed by atoms with E-state index >= 15 is 0 Å². The molecule has 0 fully saturated rings. The summed E-state index contributed by atoms with van der Waals surface area (Å²) in [6.45, 7) is 11.6. The van der Waals surface area contributed by atoms with E-state index in [-0.39, 0.29) is 0 Å². The van der Waals surface area contributed by atoms with Crippen LogP contribution >= 0.6 is 11.3 Å². The highest BCUT2D eigenvalue weighted by Crippen LogP contribution is 2.22. The van der Waals surface area contributed by atoms with Gasteiger partial charge in [-0.25, -0.2) is 4.98 Å². The minimum atomic E-state index is 0.431. The van der Waals surface area contributed by atoms with Crippen molar-refractivity contribution in [1.82, 2.24) is 9.55 Å². The van der Waals surface area contributed by atoms with Gasteiger partial charge in [0.2, 0.25) is 5.95 Å². The predicted octanol–water partition coefficient (Wildman–Crippen LogP) is 4.06. The quantitative estimate of drug-likeness (QED) is 0.901. The minimum absolute atomic E-state index is 0.431. The van der Waals surface area contributed by atoms with Crippen molar-refractivity contribution >= 4 is 17.3 Å². The SMILES string of the molecule is Cc1cn(C(C)C)c(NCc2cc(C)c(C)s2)n1. The summed E-state index contributed by atoms with van der Waals surface area (Å²) in [6.07, 6.45) is 2.10. The Kier molecular flexibility index (Phi) is 3.76. The van der Waals surface area contributed by atoms with Gasteiger partial charge in [0.15, 0.2) is 0 Å². The summed E-state index contributed by atoms with van der Waals surface area (Å²) in [5, 5.41) is 3.43. The molecule has 0 radical (unpaired) electrons. The predicted molar refractivity (Wildman–Crippen MR) is 78.5 cm³/mol. The Bertz CT molecular complexity index is 518. The van der Waals surface area contributed by atoms with Crippen molar-refractivity contribution in [1.29, 1.82) is 0 Å². The summed E-state index contributed by atoms with van der Waals surface area (Å²) >= 11 is 1.86. The van der Waals surface area contributed by atoms with Gasteiger partial charge in [0.1, 0.15) is 0 Å². The van der Waals surface area contributed by atoms with Crippen molar-refractivity contribution in [2.45, 2.75) is 47.2 Å². The van der Waals surface area contributed by atoms with E-state index in [2.05, 4.69) is 54.8 Å². The van der Waals surface area contributed by atoms with Gasteiger partial charge in [-0.3, -0.25) is 0 Å². The van der Waals surface area contributed by atoms with Crippen LogP contribution in [-0.2, 0) is 6.54 Å². The zero-order valence-corrected chi connectivity index (χ0v) is 12.6. The van der Waals surface area contributed by atoms with E-state index in [1.807, 2.05) is 18.3 Å². The maximum absolute atomic E-state index is 4.53. The van der Waals surface area contributed by atoms with E-state index in [1.54, 1.807) is 0 Å². The summed E-state index contributed by atoms with van der Waals surface area (Å²) in [6, 6.07) is 2.68. The molecule has 0 aliphatic carbocycles. The number of aromatic nitrogens is 2. The lowest BCUT2D eigenvalue weighted by molar-refractivity contribution is 0.604. The number of nitrogens with zero attached hydrogens (tertiary/aromatic N) is 2. The van der Waals surface area contributed by atoms with Crippen molar-refractivity contribution in [2.24, 2.45) is 0 Å². The Balaban J connectivity index is 2.10. The molecular weight excluding hydrogens is 242 g/mol. The zero-order chi connectivity index (χ0) is 13.3. The van der Waals surface area contributed by atoms with E-state index in [4.69, 9.17) is 0 Å². The molecule has 0 saturated carbocycles. The third kappa shape index (κ3) is 2.75. The number of anilines is 1. The molecule has 2 aromatic rings. The van der Waals surface area contributed by atoms with Gasteiger partial charge in [0.05, 0.1) is 12.2 Å². The lowest BCUT2D eigenvalue weighted by atomic mass is 10.3. The molecule has 0 aromatic carbocycles. The smallest absolute Gasteiger partial charge is 0.203 e. The van der Waals surface area contributed by atoms with Gasteiger partial charge >= 0.3 is 0 Å². The number of aryl methyl sites for hydroxylation is 3. The van der Waals surface area contributed by atoms with Crippen LogP contribution in [0.5, 0.6) is 0 Å². The molecule has 18 heavy (non-hydrogen) atoms. The topological polar surface area (TPSA) is 29.9 Å². The van der Waals surface area contributed by atoms with Crippen molar-refractivity contribution in [3.05, 3.63) is 33.3 Å². The van der Waals surface area contributed by atoms with Gasteiger partial charge in [-0.15, -0.1) is 11.3 Å². The number of thiophene rings is 1. The molecule has 1 N–H and O–H groups in total. The second-order valence-corrected chi connectivity index (χ2v) is 6.35. The molecule has 0 aliphatic rings. The second-order valence-electron chi connectivity index (χ2n) is 5.01. The van der Waals surface area contributed by atoms with E-state index < -0.39 is 0 Å². The van der Waals surface area contributed by atoms with Gasteiger partial charge in [0.25, 0.3) is 0 Å². The zero-order valence-electron chi connectivity index (χ0n) is 11.7. The van der Waals surface area contributed by atoms with Crippen molar-refractivity contribution in [3.63, 3.8) is 0 Å². The van der Waals surface area contributed by atoms with E-state index in [0.29, 0.717) is 6.04 Å². The van der Waals surface area contributed by atoms with Gasteiger partial charge in [-0.1, -0.05) is 0 Å². The Morgan fingerprint density at radius 2 is 2.06 bits per heavy atom. The molecule has 98 valence electrons. The highest BCUT2D eigenvalue weighted by Gasteiger charge is 2.09. The summed E-state index contributed by atoms with van der Waals surface area (Å²) in [5.74, 6) is 0.964. The van der Waals surface area contributed by atoms with Crippen LogP contribution in [0.4, 0.5) is 5.95 Å². The standard InChI is InChI=1S/C14H21N3S/c1-9(2)17-8-11(4)16-14(17)15-7-13-6-10(3)12(5)18-13/h6,8-9H,7H2,1-5H3,(H,15,16). The van der Waals surface area contributed by atoms with Crippen LogP contribution in [0.1, 0.15) is 40.9 Å². The fraction of sp³-hybridized carbons (Fsp3) is 0.500. The van der Waals surface area contributed by atoms with Crippen molar-refractivity contribution in [2.75, 3.05) is 5.32 Å². The summed E-state index contributed by atoms with van der Waals surface area (Å²) in [5.41, 5.74) is 2.44. The molecule has 2 rings (SSSR count). The highest BCUT2D eigenvalue weighted by atomic mass is 32.1. The molecule has 2 heterocycles. The fourth-order valence-corrected chi connectivity index (χ4v) is 2.94. The summed E-state index contributed by atoms with van der Waals surface area (Å²) in [7, 11) is 0. The average molecular weight is 263 g/mol. The molecule has 0 bridgehead atoms. The average Bonchev–Trinajstić information content (AvgIpc) is 2.80. The lowest BCUT2D eigenvalue weighted by Gasteiger charge is -2.12. The first-order valence-corrected chi connectivity index (χ1v) is 7.14. The molecule has 3 nitrogen and oxygen atoms in total. The first-order valence-electron chi connectivity index (χ1n) is 6.32.